The predicted molar refractivity (Wildman–Crippen MR) is 80.7 cm³/mol. The van der Waals surface area contributed by atoms with Gasteiger partial charge in [0.15, 0.2) is 0 Å². The van der Waals surface area contributed by atoms with Crippen LogP contribution < -0.4 is 5.32 Å². The summed E-state index contributed by atoms with van der Waals surface area (Å²) in [7, 11) is 1.74. The molecule has 0 spiro atoms. The van der Waals surface area contributed by atoms with Gasteiger partial charge in [-0.1, -0.05) is 18.3 Å². The summed E-state index contributed by atoms with van der Waals surface area (Å²) in [4.78, 5) is 2.40. The van der Waals surface area contributed by atoms with Crippen LogP contribution in [0.25, 0.3) is 0 Å². The van der Waals surface area contributed by atoms with Crippen molar-refractivity contribution in [2.75, 3.05) is 32.1 Å². The van der Waals surface area contributed by atoms with Gasteiger partial charge in [0.2, 0.25) is 0 Å². The van der Waals surface area contributed by atoms with E-state index in [1.165, 1.54) is 11.5 Å². The molecule has 1 rings (SSSR count). The second kappa shape index (κ2) is 9.23. The number of methoxy groups -OCH3 is 1. The summed E-state index contributed by atoms with van der Waals surface area (Å²) in [5, 5.41) is 8.76. The van der Waals surface area contributed by atoms with Gasteiger partial charge in [0.1, 0.15) is 10.7 Å². The van der Waals surface area contributed by atoms with Crippen LogP contribution in [0.1, 0.15) is 39.3 Å². The van der Waals surface area contributed by atoms with E-state index in [0.717, 1.165) is 49.8 Å². The molecule has 0 saturated carbocycles. The zero-order chi connectivity index (χ0) is 14.1. The maximum Gasteiger partial charge on any atom is 0.134 e. The Kier molecular flexibility index (Phi) is 7.93. The van der Waals surface area contributed by atoms with Gasteiger partial charge >= 0.3 is 0 Å². The third-order valence-electron chi connectivity index (χ3n) is 3.24. The molecule has 1 N–H and O–H groups in total. The van der Waals surface area contributed by atoms with E-state index >= 15 is 0 Å². The van der Waals surface area contributed by atoms with Gasteiger partial charge in [-0.05, 0) is 19.8 Å². The fourth-order valence-electron chi connectivity index (χ4n) is 1.80. The average Bonchev–Trinajstić information content (AvgIpc) is 2.87. The van der Waals surface area contributed by atoms with Crippen molar-refractivity contribution in [2.24, 2.45) is 0 Å². The first-order chi connectivity index (χ1) is 9.22. The number of ether oxygens (including phenoxy) is 1. The summed E-state index contributed by atoms with van der Waals surface area (Å²) in [6.07, 6.45) is 2.23. The highest BCUT2D eigenvalue weighted by Crippen LogP contribution is 2.20. The minimum atomic E-state index is 0.524. The highest BCUT2D eigenvalue weighted by atomic mass is 32.1. The van der Waals surface area contributed by atoms with E-state index in [0.29, 0.717) is 6.04 Å². The first kappa shape index (κ1) is 16.3. The van der Waals surface area contributed by atoms with E-state index in [-0.39, 0.29) is 0 Å². The van der Waals surface area contributed by atoms with Crippen LogP contribution in [-0.4, -0.2) is 47.3 Å². The molecule has 0 aromatic carbocycles. The molecule has 0 aliphatic rings. The van der Waals surface area contributed by atoms with E-state index in [9.17, 15) is 0 Å². The van der Waals surface area contributed by atoms with E-state index in [4.69, 9.17) is 4.74 Å². The third kappa shape index (κ3) is 5.42. The first-order valence-corrected chi connectivity index (χ1v) is 7.78. The normalized spacial score (nSPS) is 12.9. The topological polar surface area (TPSA) is 50.3 Å². The maximum atomic E-state index is 5.19. The summed E-state index contributed by atoms with van der Waals surface area (Å²) >= 11 is 1.44. The standard InChI is InChI=1S/C13H26N4OS/c1-5-7-14-13-12(15-16-19-13)10-17(8-9-18-4)11(3)6-2/h11,14H,5-10H2,1-4H3. The Labute approximate surface area is 120 Å². The van der Waals surface area contributed by atoms with Gasteiger partial charge < -0.3 is 10.1 Å². The molecule has 6 heteroatoms. The second-order valence-electron chi connectivity index (χ2n) is 4.70. The molecule has 1 aromatic rings. The van der Waals surface area contributed by atoms with E-state index in [2.05, 4.69) is 40.6 Å². The lowest BCUT2D eigenvalue weighted by atomic mass is 10.2. The lowest BCUT2D eigenvalue weighted by molar-refractivity contribution is 0.117. The lowest BCUT2D eigenvalue weighted by Gasteiger charge is -2.27. The zero-order valence-corrected chi connectivity index (χ0v) is 13.3. The Balaban J connectivity index is 2.64. The minimum absolute atomic E-state index is 0.524. The van der Waals surface area contributed by atoms with Gasteiger partial charge in [-0.25, -0.2) is 0 Å². The van der Waals surface area contributed by atoms with Crippen molar-refractivity contribution in [3.63, 3.8) is 0 Å². The van der Waals surface area contributed by atoms with Crippen LogP contribution in [0.3, 0.4) is 0 Å². The van der Waals surface area contributed by atoms with Crippen molar-refractivity contribution in [3.05, 3.63) is 5.69 Å². The van der Waals surface area contributed by atoms with Crippen molar-refractivity contribution in [1.82, 2.24) is 14.5 Å². The number of hydrogen-bond donors (Lipinski definition) is 1. The zero-order valence-electron chi connectivity index (χ0n) is 12.5. The fraction of sp³-hybridized carbons (Fsp3) is 0.846. The quantitative estimate of drug-likeness (QED) is 0.716. The monoisotopic (exact) mass is 286 g/mol. The number of nitrogens with one attached hydrogen (secondary N) is 1. The van der Waals surface area contributed by atoms with Gasteiger partial charge in [0.05, 0.1) is 6.61 Å². The summed E-state index contributed by atoms with van der Waals surface area (Å²) in [6, 6.07) is 0.524. The average molecular weight is 286 g/mol. The molecule has 1 unspecified atom stereocenters. The number of aromatic nitrogens is 2. The van der Waals surface area contributed by atoms with E-state index < -0.39 is 0 Å². The summed E-state index contributed by atoms with van der Waals surface area (Å²) < 4.78 is 9.26. The van der Waals surface area contributed by atoms with Gasteiger partial charge in [-0.15, -0.1) is 5.10 Å². The van der Waals surface area contributed by atoms with Crippen molar-refractivity contribution < 1.29 is 4.74 Å². The Morgan fingerprint density at radius 1 is 1.42 bits per heavy atom. The largest absolute Gasteiger partial charge is 0.383 e. The highest BCUT2D eigenvalue weighted by Gasteiger charge is 2.16. The molecule has 0 aliphatic carbocycles. The van der Waals surface area contributed by atoms with Crippen LogP contribution in [0.2, 0.25) is 0 Å². The van der Waals surface area contributed by atoms with E-state index in [1.54, 1.807) is 7.11 Å². The molecule has 0 amide bonds. The van der Waals surface area contributed by atoms with Crippen LogP contribution in [0.5, 0.6) is 0 Å². The molecule has 1 heterocycles. The maximum absolute atomic E-state index is 5.19. The predicted octanol–water partition coefficient (Wildman–Crippen LogP) is 2.61. The molecule has 0 radical (unpaired) electrons. The molecule has 19 heavy (non-hydrogen) atoms. The summed E-state index contributed by atoms with van der Waals surface area (Å²) in [6.45, 7) is 10.1. The molecule has 110 valence electrons. The number of nitrogens with zero attached hydrogens (tertiary/aromatic N) is 3. The molecule has 5 nitrogen and oxygen atoms in total. The van der Waals surface area contributed by atoms with Crippen LogP contribution in [0.4, 0.5) is 5.00 Å². The molecular weight excluding hydrogens is 260 g/mol. The van der Waals surface area contributed by atoms with Gasteiger partial charge in [-0.2, -0.15) is 0 Å². The molecule has 0 bridgehead atoms. The van der Waals surface area contributed by atoms with Crippen LogP contribution in [0, 0.1) is 0 Å². The lowest BCUT2D eigenvalue weighted by Crippen LogP contribution is -2.35. The summed E-state index contributed by atoms with van der Waals surface area (Å²) in [5.41, 5.74) is 1.05. The molecule has 1 aromatic heterocycles. The first-order valence-electron chi connectivity index (χ1n) is 7.00. The minimum Gasteiger partial charge on any atom is -0.383 e. The molecule has 1 atom stereocenters. The van der Waals surface area contributed by atoms with Gasteiger partial charge in [0.25, 0.3) is 0 Å². The van der Waals surface area contributed by atoms with Gasteiger partial charge in [0, 0.05) is 44.3 Å². The Morgan fingerprint density at radius 3 is 2.84 bits per heavy atom. The van der Waals surface area contributed by atoms with Crippen molar-refractivity contribution in [1.29, 1.82) is 0 Å². The molecular formula is C13H26N4OS. The number of rotatable bonds is 10. The highest BCUT2D eigenvalue weighted by molar-refractivity contribution is 7.10. The van der Waals surface area contributed by atoms with Gasteiger partial charge in [-0.3, -0.25) is 4.90 Å². The number of anilines is 1. The van der Waals surface area contributed by atoms with E-state index in [1.807, 2.05) is 0 Å². The Bertz CT molecular complexity index is 345. The fourth-order valence-corrected chi connectivity index (χ4v) is 2.40. The van der Waals surface area contributed by atoms with Crippen LogP contribution in [0.15, 0.2) is 0 Å². The van der Waals surface area contributed by atoms with Crippen molar-refractivity contribution in [3.8, 4) is 0 Å². The SMILES string of the molecule is CCCNc1snnc1CN(CCOC)C(C)CC. The van der Waals surface area contributed by atoms with Crippen LogP contribution >= 0.6 is 11.5 Å². The number of hydrogen-bond acceptors (Lipinski definition) is 6. The Morgan fingerprint density at radius 2 is 2.21 bits per heavy atom. The van der Waals surface area contributed by atoms with Crippen molar-refractivity contribution in [2.45, 2.75) is 46.2 Å². The molecule has 0 fully saturated rings. The molecule has 0 saturated heterocycles. The second-order valence-corrected chi connectivity index (χ2v) is 5.45. The third-order valence-corrected chi connectivity index (χ3v) is 3.97. The smallest absolute Gasteiger partial charge is 0.134 e. The molecule has 0 aliphatic heterocycles. The summed E-state index contributed by atoms with van der Waals surface area (Å²) in [5.74, 6) is 0. The Hall–Kier alpha value is -0.720. The van der Waals surface area contributed by atoms with Crippen molar-refractivity contribution >= 4 is 16.5 Å². The van der Waals surface area contributed by atoms with Crippen LogP contribution in [-0.2, 0) is 11.3 Å².